The predicted octanol–water partition coefficient (Wildman–Crippen LogP) is 3.02. The monoisotopic (exact) mass is 256 g/mol. The number of benzene rings is 2. The zero-order chi connectivity index (χ0) is 14.0. The van der Waals surface area contributed by atoms with E-state index >= 15 is 0 Å². The van der Waals surface area contributed by atoms with E-state index in [4.69, 9.17) is 9.84 Å². The maximum atomic E-state index is 11.4. The average Bonchev–Trinajstić information content (AvgIpc) is 2.37. The first kappa shape index (κ1) is 12.8. The van der Waals surface area contributed by atoms with Gasteiger partial charge in [-0.25, -0.2) is 9.59 Å². The summed E-state index contributed by atoms with van der Waals surface area (Å²) in [5.74, 6) is -1.05. The molecule has 1 N–H and O–H groups in total. The van der Waals surface area contributed by atoms with Crippen molar-refractivity contribution in [1.82, 2.24) is 0 Å². The summed E-state index contributed by atoms with van der Waals surface area (Å²) in [7, 11) is 0. The van der Waals surface area contributed by atoms with Crippen LogP contribution in [0.1, 0.15) is 17.3 Å². The van der Waals surface area contributed by atoms with Crippen LogP contribution in [0.15, 0.2) is 48.6 Å². The minimum Gasteiger partial charge on any atom is -0.478 e. The third kappa shape index (κ3) is 2.80. The van der Waals surface area contributed by atoms with Gasteiger partial charge in [0.2, 0.25) is 0 Å². The van der Waals surface area contributed by atoms with Gasteiger partial charge in [0.05, 0.1) is 5.56 Å². The molecule has 0 saturated carbocycles. The van der Waals surface area contributed by atoms with Gasteiger partial charge in [-0.2, -0.15) is 0 Å². The third-order valence-electron chi connectivity index (χ3n) is 2.62. The van der Waals surface area contributed by atoms with Gasteiger partial charge < -0.3 is 9.84 Å². The number of hydrogen-bond acceptors (Lipinski definition) is 3. The van der Waals surface area contributed by atoms with Crippen molar-refractivity contribution >= 4 is 22.7 Å². The summed E-state index contributed by atoms with van der Waals surface area (Å²) < 4.78 is 5.11. The Morgan fingerprint density at radius 2 is 1.74 bits per heavy atom. The molecule has 0 heterocycles. The Balaban J connectivity index is 2.36. The summed E-state index contributed by atoms with van der Waals surface area (Å²) in [6.07, 6.45) is 0. The van der Waals surface area contributed by atoms with Crippen LogP contribution in [0.5, 0.6) is 5.75 Å². The molecule has 2 aromatic rings. The molecule has 0 aliphatic heterocycles. The fourth-order valence-electron chi connectivity index (χ4n) is 1.61. The van der Waals surface area contributed by atoms with Gasteiger partial charge in [-0.3, -0.25) is 0 Å². The Hall–Kier alpha value is -2.62. The summed E-state index contributed by atoms with van der Waals surface area (Å²) in [5, 5.41) is 10.5. The number of hydrogen-bond donors (Lipinski definition) is 1. The summed E-state index contributed by atoms with van der Waals surface area (Å²) in [5.41, 5.74) is 0.542. The number of carbonyl (C=O) groups excluding carboxylic acids is 1. The van der Waals surface area contributed by atoms with Crippen molar-refractivity contribution < 1.29 is 19.4 Å². The van der Waals surface area contributed by atoms with Gasteiger partial charge in [0.1, 0.15) is 5.75 Å². The lowest BCUT2D eigenvalue weighted by Crippen LogP contribution is -2.07. The molecule has 0 unspecified atom stereocenters. The quantitative estimate of drug-likeness (QED) is 0.521. The number of carboxylic acid groups (broad SMARTS) is 1. The highest BCUT2D eigenvalue weighted by atomic mass is 16.5. The molecule has 0 aromatic heterocycles. The van der Waals surface area contributed by atoms with Crippen LogP contribution in [0, 0.1) is 0 Å². The number of fused-ring (bicyclic) bond motifs is 1. The highest BCUT2D eigenvalue weighted by molar-refractivity contribution is 5.95. The van der Waals surface area contributed by atoms with E-state index in [2.05, 4.69) is 6.58 Å². The standard InChI is InChI=1S/C15H12O4/c1-9(2)15(18)19-13-6-5-10-7-12(14(16)17)4-3-11(10)8-13/h3-8H,1H2,2H3,(H,16,17). The lowest BCUT2D eigenvalue weighted by Gasteiger charge is -2.05. The van der Waals surface area contributed by atoms with Gasteiger partial charge in [0.25, 0.3) is 0 Å². The molecule has 2 rings (SSSR count). The number of ether oxygens (including phenoxy) is 1. The number of carbonyl (C=O) groups is 2. The maximum absolute atomic E-state index is 11.4. The zero-order valence-electron chi connectivity index (χ0n) is 10.3. The molecular formula is C15H12O4. The van der Waals surface area contributed by atoms with Crippen LogP contribution < -0.4 is 4.74 Å². The van der Waals surface area contributed by atoms with Crippen LogP contribution in [0.25, 0.3) is 10.8 Å². The van der Waals surface area contributed by atoms with Crippen molar-refractivity contribution in [3.8, 4) is 5.75 Å². The molecule has 0 radical (unpaired) electrons. The molecule has 96 valence electrons. The lowest BCUT2D eigenvalue weighted by molar-refractivity contribution is -0.130. The van der Waals surface area contributed by atoms with Gasteiger partial charge in [-0.15, -0.1) is 0 Å². The second-order valence-electron chi connectivity index (χ2n) is 4.20. The number of aromatic carboxylic acids is 1. The van der Waals surface area contributed by atoms with E-state index in [1.807, 2.05) is 0 Å². The van der Waals surface area contributed by atoms with Gasteiger partial charge in [0, 0.05) is 5.57 Å². The first-order valence-electron chi connectivity index (χ1n) is 5.62. The minimum absolute atomic E-state index is 0.221. The van der Waals surface area contributed by atoms with Gasteiger partial charge in [0.15, 0.2) is 0 Å². The molecule has 4 heteroatoms. The Morgan fingerprint density at radius 1 is 1.11 bits per heavy atom. The SMILES string of the molecule is C=C(C)C(=O)Oc1ccc2cc(C(=O)O)ccc2c1. The molecule has 0 fully saturated rings. The van der Waals surface area contributed by atoms with Gasteiger partial charge in [-0.05, 0) is 42.0 Å². The van der Waals surface area contributed by atoms with E-state index in [0.29, 0.717) is 11.3 Å². The van der Waals surface area contributed by atoms with Crippen LogP contribution in [-0.2, 0) is 4.79 Å². The summed E-state index contributed by atoms with van der Waals surface area (Å²) in [6, 6.07) is 9.77. The largest absolute Gasteiger partial charge is 0.478 e. The Morgan fingerprint density at radius 3 is 2.37 bits per heavy atom. The third-order valence-corrected chi connectivity index (χ3v) is 2.62. The molecule has 19 heavy (non-hydrogen) atoms. The van der Waals surface area contributed by atoms with Crippen LogP contribution in [0.4, 0.5) is 0 Å². The second kappa shape index (κ2) is 4.94. The smallest absolute Gasteiger partial charge is 0.338 e. The first-order valence-corrected chi connectivity index (χ1v) is 5.62. The second-order valence-corrected chi connectivity index (χ2v) is 4.20. The molecule has 0 bridgehead atoms. The first-order chi connectivity index (χ1) is 8.97. The lowest BCUT2D eigenvalue weighted by atomic mass is 10.1. The van der Waals surface area contributed by atoms with Crippen LogP contribution >= 0.6 is 0 Å². The predicted molar refractivity (Wildman–Crippen MR) is 71.4 cm³/mol. The Kier molecular flexibility index (Phi) is 3.33. The molecule has 0 atom stereocenters. The van der Waals surface area contributed by atoms with E-state index in [1.54, 1.807) is 37.3 Å². The van der Waals surface area contributed by atoms with E-state index in [9.17, 15) is 9.59 Å². The normalized spacial score (nSPS) is 10.2. The fourth-order valence-corrected chi connectivity index (χ4v) is 1.61. The van der Waals surface area contributed by atoms with Crippen molar-refractivity contribution in [2.75, 3.05) is 0 Å². The van der Waals surface area contributed by atoms with Crippen LogP contribution in [-0.4, -0.2) is 17.0 Å². The van der Waals surface area contributed by atoms with Crippen molar-refractivity contribution in [3.05, 3.63) is 54.1 Å². The van der Waals surface area contributed by atoms with Crippen molar-refractivity contribution in [1.29, 1.82) is 0 Å². The van der Waals surface area contributed by atoms with Gasteiger partial charge >= 0.3 is 11.9 Å². The molecule has 0 aliphatic rings. The molecule has 0 saturated heterocycles. The zero-order valence-corrected chi connectivity index (χ0v) is 10.3. The van der Waals surface area contributed by atoms with E-state index in [1.165, 1.54) is 6.07 Å². The highest BCUT2D eigenvalue weighted by Crippen LogP contribution is 2.22. The van der Waals surface area contributed by atoms with E-state index < -0.39 is 11.9 Å². The topological polar surface area (TPSA) is 63.6 Å². The Bertz CT molecular complexity index is 686. The minimum atomic E-state index is -0.973. The molecule has 0 aliphatic carbocycles. The number of esters is 1. The van der Waals surface area contributed by atoms with Crippen molar-refractivity contribution in [3.63, 3.8) is 0 Å². The number of rotatable bonds is 3. The number of carboxylic acids is 1. The fraction of sp³-hybridized carbons (Fsp3) is 0.0667. The Labute approximate surface area is 109 Å². The highest BCUT2D eigenvalue weighted by Gasteiger charge is 2.07. The van der Waals surface area contributed by atoms with Crippen molar-refractivity contribution in [2.24, 2.45) is 0 Å². The summed E-state index contributed by atoms with van der Waals surface area (Å²) in [6.45, 7) is 5.08. The van der Waals surface area contributed by atoms with E-state index in [0.717, 1.165) is 10.8 Å². The average molecular weight is 256 g/mol. The van der Waals surface area contributed by atoms with Crippen LogP contribution in [0.2, 0.25) is 0 Å². The summed E-state index contributed by atoms with van der Waals surface area (Å²) >= 11 is 0. The molecule has 0 spiro atoms. The molecule has 0 amide bonds. The summed E-state index contributed by atoms with van der Waals surface area (Å²) in [4.78, 5) is 22.2. The molecular weight excluding hydrogens is 244 g/mol. The van der Waals surface area contributed by atoms with Gasteiger partial charge in [-0.1, -0.05) is 18.7 Å². The van der Waals surface area contributed by atoms with E-state index in [-0.39, 0.29) is 5.56 Å². The van der Waals surface area contributed by atoms with Crippen molar-refractivity contribution in [2.45, 2.75) is 6.92 Å². The van der Waals surface area contributed by atoms with Crippen LogP contribution in [0.3, 0.4) is 0 Å². The molecule has 2 aromatic carbocycles. The molecule has 4 nitrogen and oxygen atoms in total. The maximum Gasteiger partial charge on any atom is 0.338 e.